The zero-order valence-electron chi connectivity index (χ0n) is 14.8. The molecule has 1 amide bonds. The molecule has 1 aliphatic heterocycles. The van der Waals surface area contributed by atoms with Gasteiger partial charge < -0.3 is 9.80 Å². The number of amides is 1. The first-order valence-electron chi connectivity index (χ1n) is 8.61. The molecule has 1 saturated heterocycles. The van der Waals surface area contributed by atoms with Crippen LogP contribution < -0.4 is 4.90 Å². The van der Waals surface area contributed by atoms with E-state index in [4.69, 9.17) is 0 Å². The number of hydrogen-bond acceptors (Lipinski definition) is 2. The molecule has 0 unspecified atom stereocenters. The number of carbonyl (C=O) groups excluding carboxylic acids is 1. The van der Waals surface area contributed by atoms with Crippen LogP contribution in [0.4, 0.5) is 5.69 Å². The van der Waals surface area contributed by atoms with Crippen molar-refractivity contribution in [1.29, 1.82) is 0 Å². The molecule has 24 heavy (non-hydrogen) atoms. The smallest absolute Gasteiger partial charge is 0.254 e. The molecular formula is C21H26N2O. The maximum atomic E-state index is 13.0. The van der Waals surface area contributed by atoms with Crippen molar-refractivity contribution < 1.29 is 4.79 Å². The number of rotatable bonds is 2. The molecule has 0 atom stereocenters. The Bertz CT molecular complexity index is 709. The SMILES string of the molecule is Cc1ccccc1C(=O)N1CCN(c2ccccc2)CC(C)(C)C1. The summed E-state index contributed by atoms with van der Waals surface area (Å²) < 4.78 is 0. The van der Waals surface area contributed by atoms with E-state index >= 15 is 0 Å². The first-order chi connectivity index (χ1) is 11.5. The monoisotopic (exact) mass is 322 g/mol. The minimum absolute atomic E-state index is 0.0463. The first kappa shape index (κ1) is 16.6. The van der Waals surface area contributed by atoms with E-state index in [0.717, 1.165) is 37.3 Å². The number of para-hydroxylation sites is 1. The average Bonchev–Trinajstić information content (AvgIpc) is 2.74. The van der Waals surface area contributed by atoms with Crippen molar-refractivity contribution in [2.75, 3.05) is 31.1 Å². The average molecular weight is 322 g/mol. The highest BCUT2D eigenvalue weighted by Crippen LogP contribution is 2.27. The lowest BCUT2D eigenvalue weighted by molar-refractivity contribution is 0.0716. The second-order valence-electron chi connectivity index (χ2n) is 7.46. The predicted octanol–water partition coefficient (Wildman–Crippen LogP) is 3.98. The minimum atomic E-state index is 0.0463. The van der Waals surface area contributed by atoms with Gasteiger partial charge in [0.15, 0.2) is 0 Å². The summed E-state index contributed by atoms with van der Waals surface area (Å²) >= 11 is 0. The van der Waals surface area contributed by atoms with Crippen LogP contribution in [-0.4, -0.2) is 37.0 Å². The Hall–Kier alpha value is -2.29. The molecule has 0 saturated carbocycles. The summed E-state index contributed by atoms with van der Waals surface area (Å²) in [6.45, 7) is 9.85. The Kier molecular flexibility index (Phi) is 4.61. The summed E-state index contributed by atoms with van der Waals surface area (Å²) in [6, 6.07) is 18.4. The highest BCUT2D eigenvalue weighted by Gasteiger charge is 2.31. The van der Waals surface area contributed by atoms with Crippen LogP contribution in [0.3, 0.4) is 0 Å². The molecule has 0 radical (unpaired) electrons. The lowest BCUT2D eigenvalue weighted by Crippen LogP contribution is -2.39. The van der Waals surface area contributed by atoms with Crippen molar-refractivity contribution in [2.24, 2.45) is 5.41 Å². The van der Waals surface area contributed by atoms with Crippen LogP contribution in [-0.2, 0) is 0 Å². The molecule has 3 rings (SSSR count). The van der Waals surface area contributed by atoms with Gasteiger partial charge in [-0.1, -0.05) is 50.2 Å². The third kappa shape index (κ3) is 3.61. The van der Waals surface area contributed by atoms with Crippen molar-refractivity contribution in [3.8, 4) is 0 Å². The normalized spacial score (nSPS) is 17.5. The van der Waals surface area contributed by atoms with Crippen LogP contribution in [0.2, 0.25) is 0 Å². The van der Waals surface area contributed by atoms with Crippen LogP contribution in [0.5, 0.6) is 0 Å². The second kappa shape index (κ2) is 6.68. The Balaban J connectivity index is 1.82. The van der Waals surface area contributed by atoms with E-state index < -0.39 is 0 Å². The van der Waals surface area contributed by atoms with E-state index in [1.54, 1.807) is 0 Å². The molecule has 0 aromatic heterocycles. The van der Waals surface area contributed by atoms with Gasteiger partial charge in [-0.25, -0.2) is 0 Å². The van der Waals surface area contributed by atoms with Gasteiger partial charge in [-0.2, -0.15) is 0 Å². The number of nitrogens with zero attached hydrogens (tertiary/aromatic N) is 2. The molecule has 3 heteroatoms. The van der Waals surface area contributed by atoms with Crippen LogP contribution in [0.1, 0.15) is 29.8 Å². The van der Waals surface area contributed by atoms with Crippen LogP contribution in [0.15, 0.2) is 54.6 Å². The highest BCUT2D eigenvalue weighted by atomic mass is 16.2. The predicted molar refractivity (Wildman–Crippen MR) is 99.5 cm³/mol. The zero-order valence-corrected chi connectivity index (χ0v) is 14.8. The van der Waals surface area contributed by atoms with Gasteiger partial charge in [0, 0.05) is 37.4 Å². The van der Waals surface area contributed by atoms with Gasteiger partial charge in [0.25, 0.3) is 5.91 Å². The Morgan fingerprint density at radius 3 is 2.29 bits per heavy atom. The number of hydrogen-bond donors (Lipinski definition) is 0. The summed E-state index contributed by atoms with van der Waals surface area (Å²) in [7, 11) is 0. The third-order valence-electron chi connectivity index (χ3n) is 4.66. The quantitative estimate of drug-likeness (QED) is 0.835. The first-order valence-corrected chi connectivity index (χ1v) is 8.61. The van der Waals surface area contributed by atoms with Crippen molar-refractivity contribution in [3.05, 3.63) is 65.7 Å². The molecule has 0 N–H and O–H groups in total. The van der Waals surface area contributed by atoms with Crippen molar-refractivity contribution in [2.45, 2.75) is 20.8 Å². The highest BCUT2D eigenvalue weighted by molar-refractivity contribution is 5.95. The summed E-state index contributed by atoms with van der Waals surface area (Å²) in [6.07, 6.45) is 0. The Morgan fingerprint density at radius 1 is 0.917 bits per heavy atom. The molecule has 1 aliphatic rings. The van der Waals surface area contributed by atoms with Gasteiger partial charge in [-0.3, -0.25) is 4.79 Å². The van der Waals surface area contributed by atoms with Crippen molar-refractivity contribution in [3.63, 3.8) is 0 Å². The molecule has 2 aromatic carbocycles. The van der Waals surface area contributed by atoms with E-state index in [0.29, 0.717) is 0 Å². The van der Waals surface area contributed by atoms with Gasteiger partial charge in [0.05, 0.1) is 0 Å². The molecular weight excluding hydrogens is 296 g/mol. The lowest BCUT2D eigenvalue weighted by atomic mass is 9.92. The summed E-state index contributed by atoms with van der Waals surface area (Å²) in [5.74, 6) is 0.149. The van der Waals surface area contributed by atoms with E-state index in [1.807, 2.05) is 42.2 Å². The van der Waals surface area contributed by atoms with Crippen LogP contribution in [0.25, 0.3) is 0 Å². The fraction of sp³-hybridized carbons (Fsp3) is 0.381. The molecule has 2 aromatic rings. The fourth-order valence-electron chi connectivity index (χ4n) is 3.50. The van der Waals surface area contributed by atoms with Gasteiger partial charge in [-0.05, 0) is 36.1 Å². The van der Waals surface area contributed by atoms with Gasteiger partial charge in [0.1, 0.15) is 0 Å². The molecule has 126 valence electrons. The third-order valence-corrected chi connectivity index (χ3v) is 4.66. The van der Waals surface area contributed by atoms with Crippen LogP contribution in [0, 0.1) is 12.3 Å². The standard InChI is InChI=1S/C21H26N2O/c1-17-9-7-8-12-19(17)20(24)23-14-13-22(15-21(2,3)16-23)18-10-5-4-6-11-18/h4-12H,13-16H2,1-3H3. The summed E-state index contributed by atoms with van der Waals surface area (Å²) in [5, 5.41) is 0. The molecule has 1 fully saturated rings. The second-order valence-corrected chi connectivity index (χ2v) is 7.46. The largest absolute Gasteiger partial charge is 0.369 e. The number of carbonyl (C=O) groups is 1. The van der Waals surface area contributed by atoms with Gasteiger partial charge >= 0.3 is 0 Å². The number of aryl methyl sites for hydroxylation is 1. The molecule has 0 aliphatic carbocycles. The van der Waals surface area contributed by atoms with E-state index in [1.165, 1.54) is 5.69 Å². The molecule has 3 nitrogen and oxygen atoms in total. The van der Waals surface area contributed by atoms with E-state index in [2.05, 4.69) is 43.0 Å². The maximum absolute atomic E-state index is 13.0. The van der Waals surface area contributed by atoms with E-state index in [9.17, 15) is 4.79 Å². The maximum Gasteiger partial charge on any atom is 0.254 e. The van der Waals surface area contributed by atoms with Gasteiger partial charge in [0.2, 0.25) is 0 Å². The molecule has 0 bridgehead atoms. The van der Waals surface area contributed by atoms with E-state index in [-0.39, 0.29) is 11.3 Å². The zero-order chi connectivity index (χ0) is 17.2. The van der Waals surface area contributed by atoms with Crippen molar-refractivity contribution >= 4 is 11.6 Å². The Morgan fingerprint density at radius 2 is 1.58 bits per heavy atom. The molecule has 1 heterocycles. The summed E-state index contributed by atoms with van der Waals surface area (Å²) in [5.41, 5.74) is 3.15. The van der Waals surface area contributed by atoms with Crippen molar-refractivity contribution in [1.82, 2.24) is 4.90 Å². The van der Waals surface area contributed by atoms with Crippen LogP contribution >= 0.6 is 0 Å². The Labute approximate surface area is 144 Å². The number of benzene rings is 2. The molecule has 0 spiro atoms. The van der Waals surface area contributed by atoms with Gasteiger partial charge in [-0.15, -0.1) is 0 Å². The minimum Gasteiger partial charge on any atom is -0.369 e. The lowest BCUT2D eigenvalue weighted by Gasteiger charge is -2.31. The topological polar surface area (TPSA) is 23.6 Å². The fourth-order valence-corrected chi connectivity index (χ4v) is 3.50. The number of anilines is 1. The summed E-state index contributed by atoms with van der Waals surface area (Å²) in [4.78, 5) is 17.4.